The summed E-state index contributed by atoms with van der Waals surface area (Å²) in [5.41, 5.74) is 6.80. The summed E-state index contributed by atoms with van der Waals surface area (Å²) in [5, 5.41) is 9.31. The van der Waals surface area contributed by atoms with Crippen LogP contribution in [0.15, 0.2) is 16.8 Å². The lowest BCUT2D eigenvalue weighted by Gasteiger charge is -2.35. The Morgan fingerprint density at radius 1 is 1.39 bits per heavy atom. The van der Waals surface area contributed by atoms with Gasteiger partial charge >= 0.3 is 0 Å². The van der Waals surface area contributed by atoms with Crippen molar-refractivity contribution in [2.45, 2.75) is 45.8 Å². The van der Waals surface area contributed by atoms with Crippen LogP contribution in [0.5, 0.6) is 0 Å². The molecule has 5 heteroatoms. The second kappa shape index (κ2) is 7.06. The van der Waals surface area contributed by atoms with Crippen LogP contribution in [0.3, 0.4) is 0 Å². The zero-order valence-electron chi connectivity index (χ0n) is 12.6. The van der Waals surface area contributed by atoms with E-state index in [0.29, 0.717) is 24.6 Å². The molecule has 106 valence electrons. The molecule has 0 unspecified atom stereocenters. The van der Waals surface area contributed by atoms with E-state index in [9.17, 15) is 0 Å². The van der Waals surface area contributed by atoms with Crippen LogP contribution >= 0.6 is 0 Å². The van der Waals surface area contributed by atoms with E-state index in [1.165, 1.54) is 0 Å². The number of allylic oxidation sites excluding steroid dienone is 1. The fourth-order valence-electron chi connectivity index (χ4n) is 1.11. The van der Waals surface area contributed by atoms with E-state index in [4.69, 9.17) is 15.3 Å². The van der Waals surface area contributed by atoms with Crippen molar-refractivity contribution in [1.29, 1.82) is 0 Å². The maximum Gasteiger partial charge on any atom is 0.192 e. The minimum atomic E-state index is -1.69. The first kappa shape index (κ1) is 17.3. The number of nitrogens with zero attached hydrogens (tertiary/aromatic N) is 1. The summed E-state index contributed by atoms with van der Waals surface area (Å²) in [6.07, 6.45) is 1.69. The zero-order valence-corrected chi connectivity index (χ0v) is 13.6. The number of aliphatic hydroxyl groups is 1. The van der Waals surface area contributed by atoms with Crippen molar-refractivity contribution in [3.8, 4) is 0 Å². The molecule has 0 aromatic heterocycles. The zero-order chi connectivity index (χ0) is 14.4. The molecule has 18 heavy (non-hydrogen) atoms. The first-order chi connectivity index (χ1) is 8.10. The summed E-state index contributed by atoms with van der Waals surface area (Å²) in [4.78, 5) is 4.27. The van der Waals surface area contributed by atoms with Gasteiger partial charge < -0.3 is 15.3 Å². The van der Waals surface area contributed by atoms with Crippen molar-refractivity contribution in [2.75, 3.05) is 19.8 Å². The van der Waals surface area contributed by atoms with E-state index >= 15 is 0 Å². The van der Waals surface area contributed by atoms with Gasteiger partial charge in [-0.2, -0.15) is 0 Å². The lowest BCUT2D eigenvalue weighted by atomic mass is 10.2. The van der Waals surface area contributed by atoms with Gasteiger partial charge in [0.1, 0.15) is 0 Å². The smallest absolute Gasteiger partial charge is 0.192 e. The summed E-state index contributed by atoms with van der Waals surface area (Å²) in [6, 6.07) is 0. The van der Waals surface area contributed by atoms with Crippen LogP contribution in [-0.4, -0.2) is 38.9 Å². The molecule has 0 aromatic rings. The molecule has 0 aliphatic heterocycles. The van der Waals surface area contributed by atoms with Gasteiger partial charge in [0.15, 0.2) is 8.32 Å². The molecule has 4 nitrogen and oxygen atoms in total. The quantitative estimate of drug-likeness (QED) is 0.443. The second-order valence-corrected chi connectivity index (χ2v) is 10.8. The number of nitrogens with two attached hydrogens (primary N) is 1. The molecule has 0 saturated carbocycles. The van der Waals surface area contributed by atoms with Crippen LogP contribution in [-0.2, 0) is 4.43 Å². The topological polar surface area (TPSA) is 67.8 Å². The van der Waals surface area contributed by atoms with Gasteiger partial charge in [-0.1, -0.05) is 20.8 Å². The molecule has 0 atom stereocenters. The Labute approximate surface area is 112 Å². The van der Waals surface area contributed by atoms with Crippen LogP contribution in [0.1, 0.15) is 27.7 Å². The monoisotopic (exact) mass is 272 g/mol. The average molecular weight is 272 g/mol. The Hall–Kier alpha value is -0.653. The predicted octanol–water partition coefficient (Wildman–Crippen LogP) is 2.30. The van der Waals surface area contributed by atoms with Crippen LogP contribution < -0.4 is 5.73 Å². The lowest BCUT2D eigenvalue weighted by Crippen LogP contribution is -2.41. The molecule has 3 N–H and O–H groups in total. The van der Waals surface area contributed by atoms with Gasteiger partial charge in [-0.15, -0.1) is 0 Å². The van der Waals surface area contributed by atoms with Crippen molar-refractivity contribution < 1.29 is 9.53 Å². The summed E-state index contributed by atoms with van der Waals surface area (Å²) in [6.45, 7) is 13.9. The maximum atomic E-state index is 9.10. The fraction of sp³-hybridized carbons (Fsp3) is 0.769. The Morgan fingerprint density at radius 2 is 1.94 bits per heavy atom. The summed E-state index contributed by atoms with van der Waals surface area (Å²) >= 11 is 0. The predicted molar refractivity (Wildman–Crippen MR) is 80.5 cm³/mol. The molecule has 0 heterocycles. The third kappa shape index (κ3) is 6.33. The van der Waals surface area contributed by atoms with Crippen LogP contribution in [0.25, 0.3) is 0 Å². The van der Waals surface area contributed by atoms with Crippen molar-refractivity contribution in [1.82, 2.24) is 0 Å². The molecule has 0 saturated heterocycles. The van der Waals surface area contributed by atoms with Crippen molar-refractivity contribution >= 4 is 14.0 Å². The van der Waals surface area contributed by atoms with Crippen molar-refractivity contribution in [2.24, 2.45) is 10.7 Å². The number of aliphatic imine (C=N–C) groups is 1. The van der Waals surface area contributed by atoms with Gasteiger partial charge in [-0.3, -0.25) is 4.99 Å². The number of hydrogen-bond acceptors (Lipinski definition) is 4. The van der Waals surface area contributed by atoms with E-state index in [0.717, 1.165) is 0 Å². The van der Waals surface area contributed by atoms with Crippen molar-refractivity contribution in [3.63, 3.8) is 0 Å². The third-order valence-electron chi connectivity index (χ3n) is 3.23. The molecule has 0 rings (SSSR count). The van der Waals surface area contributed by atoms with Gasteiger partial charge in [-0.05, 0) is 31.1 Å². The molecule has 0 bridgehead atoms. The van der Waals surface area contributed by atoms with Gasteiger partial charge in [0.05, 0.1) is 25.5 Å². The maximum absolute atomic E-state index is 9.10. The fourth-order valence-corrected chi connectivity index (χ4v) is 2.15. The van der Waals surface area contributed by atoms with Gasteiger partial charge in [-0.25, -0.2) is 0 Å². The molecular weight excluding hydrogens is 244 g/mol. The van der Waals surface area contributed by atoms with E-state index in [1.54, 1.807) is 13.0 Å². The van der Waals surface area contributed by atoms with E-state index in [-0.39, 0.29) is 11.6 Å². The highest BCUT2D eigenvalue weighted by atomic mass is 28.4. The number of aliphatic hydroxyl groups excluding tert-OH is 1. The number of rotatable bonds is 6. The highest BCUT2D eigenvalue weighted by Gasteiger charge is 2.36. The highest BCUT2D eigenvalue weighted by molar-refractivity contribution is 6.74. The average Bonchev–Trinajstić information content (AvgIpc) is 2.20. The SMILES string of the molecule is CC(N)=CC(CO)=NCCO[Si](C)(C)C(C)(C)C. The molecule has 0 radical (unpaired) electrons. The van der Waals surface area contributed by atoms with Gasteiger partial charge in [0, 0.05) is 5.70 Å². The molecule has 0 aliphatic carbocycles. The Balaban J connectivity index is 4.29. The molecule has 0 spiro atoms. The first-order valence-corrected chi connectivity index (χ1v) is 9.23. The summed E-state index contributed by atoms with van der Waals surface area (Å²) in [5.74, 6) is 0. The Kier molecular flexibility index (Phi) is 6.81. The van der Waals surface area contributed by atoms with E-state index in [2.05, 4.69) is 38.9 Å². The highest BCUT2D eigenvalue weighted by Crippen LogP contribution is 2.36. The first-order valence-electron chi connectivity index (χ1n) is 6.32. The molecular formula is C13H28N2O2Si. The largest absolute Gasteiger partial charge is 0.415 e. The third-order valence-corrected chi connectivity index (χ3v) is 7.77. The van der Waals surface area contributed by atoms with Crippen LogP contribution in [0.4, 0.5) is 0 Å². The van der Waals surface area contributed by atoms with Gasteiger partial charge in [0.2, 0.25) is 0 Å². The minimum absolute atomic E-state index is 0.0887. The second-order valence-electron chi connectivity index (χ2n) is 6.03. The van der Waals surface area contributed by atoms with Gasteiger partial charge in [0.25, 0.3) is 0 Å². The Bertz CT molecular complexity index is 313. The normalized spacial score (nSPS) is 15.1. The minimum Gasteiger partial charge on any atom is -0.415 e. The van der Waals surface area contributed by atoms with E-state index < -0.39 is 8.32 Å². The number of hydrogen-bond donors (Lipinski definition) is 2. The molecule has 0 aromatic carbocycles. The van der Waals surface area contributed by atoms with E-state index in [1.807, 2.05) is 0 Å². The van der Waals surface area contributed by atoms with Crippen LogP contribution in [0, 0.1) is 0 Å². The van der Waals surface area contributed by atoms with Crippen LogP contribution in [0.2, 0.25) is 18.1 Å². The van der Waals surface area contributed by atoms with Crippen molar-refractivity contribution in [3.05, 3.63) is 11.8 Å². The molecule has 0 aliphatic rings. The molecule has 0 amide bonds. The Morgan fingerprint density at radius 3 is 2.33 bits per heavy atom. The lowest BCUT2D eigenvalue weighted by molar-refractivity contribution is 0.297. The molecule has 0 fully saturated rings. The standard InChI is InChI=1S/C13H28N2O2Si/c1-11(14)9-12(10-16)15-7-8-17-18(5,6)13(2,3)4/h9,16H,7-8,10,14H2,1-6H3. The summed E-state index contributed by atoms with van der Waals surface area (Å²) in [7, 11) is -1.69. The summed E-state index contributed by atoms with van der Waals surface area (Å²) < 4.78 is 5.99.